The Kier molecular flexibility index (Phi) is 2.75. The van der Waals surface area contributed by atoms with Crippen molar-refractivity contribution >= 4 is 0 Å². The van der Waals surface area contributed by atoms with Crippen molar-refractivity contribution in [3.05, 3.63) is 10.5 Å². The molecule has 0 atom stereocenters. The van der Waals surface area contributed by atoms with Crippen LogP contribution in [0.5, 0.6) is 6.01 Å². The first kappa shape index (κ1) is 11.2. The minimum Gasteiger partial charge on any atom is -0.457 e. The van der Waals surface area contributed by atoms with Gasteiger partial charge in [-0.1, -0.05) is 0 Å². The summed E-state index contributed by atoms with van der Waals surface area (Å²) in [6.07, 6.45) is 0.157. The van der Waals surface area contributed by atoms with E-state index in [0.29, 0.717) is 6.01 Å². The number of aryl methyl sites for hydroxylation is 1. The quantitative estimate of drug-likeness (QED) is 0.719. The van der Waals surface area contributed by atoms with Gasteiger partial charge in [0.25, 0.3) is 0 Å². The maximum absolute atomic E-state index is 11.8. The second-order valence-corrected chi connectivity index (χ2v) is 4.61. The fourth-order valence-corrected chi connectivity index (χ4v) is 1.84. The SMILES string of the molecule is CC(C)n1c(OC2CN(C)C2)nn(C)c1=O. The molecule has 1 aliphatic rings. The van der Waals surface area contributed by atoms with Crippen molar-refractivity contribution in [2.75, 3.05) is 20.1 Å². The molecule has 0 radical (unpaired) electrons. The van der Waals surface area contributed by atoms with Gasteiger partial charge >= 0.3 is 11.7 Å². The van der Waals surface area contributed by atoms with Gasteiger partial charge in [0.1, 0.15) is 6.10 Å². The van der Waals surface area contributed by atoms with E-state index in [1.165, 1.54) is 4.68 Å². The van der Waals surface area contributed by atoms with Gasteiger partial charge in [-0.05, 0) is 20.9 Å². The third-order valence-corrected chi connectivity index (χ3v) is 2.74. The van der Waals surface area contributed by atoms with E-state index in [4.69, 9.17) is 4.74 Å². The first-order valence-electron chi connectivity index (χ1n) is 5.49. The van der Waals surface area contributed by atoms with Gasteiger partial charge in [-0.25, -0.2) is 14.0 Å². The Morgan fingerprint density at radius 1 is 1.38 bits per heavy atom. The number of hydrogen-bond donors (Lipinski definition) is 0. The summed E-state index contributed by atoms with van der Waals surface area (Å²) in [6, 6.07) is 0.495. The summed E-state index contributed by atoms with van der Waals surface area (Å²) in [5.41, 5.74) is -0.127. The first-order valence-corrected chi connectivity index (χ1v) is 5.49. The number of aromatic nitrogens is 3. The van der Waals surface area contributed by atoms with Crippen molar-refractivity contribution in [1.29, 1.82) is 0 Å². The molecule has 0 saturated carbocycles. The van der Waals surface area contributed by atoms with Crippen molar-refractivity contribution < 1.29 is 4.74 Å². The predicted octanol–water partition coefficient (Wildman–Crippen LogP) is -0.144. The second-order valence-electron chi connectivity index (χ2n) is 4.61. The summed E-state index contributed by atoms with van der Waals surface area (Å²) in [6.45, 7) is 5.68. The molecular formula is C10H18N4O2. The molecule has 0 amide bonds. The molecular weight excluding hydrogens is 208 g/mol. The zero-order chi connectivity index (χ0) is 11.9. The highest BCUT2D eigenvalue weighted by Crippen LogP contribution is 2.16. The Bertz CT molecular complexity index is 429. The summed E-state index contributed by atoms with van der Waals surface area (Å²) >= 11 is 0. The highest BCUT2D eigenvalue weighted by Gasteiger charge is 2.27. The molecule has 0 N–H and O–H groups in total. The minimum atomic E-state index is -0.127. The van der Waals surface area contributed by atoms with Crippen LogP contribution in [0, 0.1) is 0 Å². The number of ether oxygens (including phenoxy) is 1. The topological polar surface area (TPSA) is 52.3 Å². The number of nitrogens with zero attached hydrogens (tertiary/aromatic N) is 4. The average Bonchev–Trinajstić information content (AvgIpc) is 2.40. The molecule has 0 spiro atoms. The van der Waals surface area contributed by atoms with Crippen LogP contribution in [-0.2, 0) is 7.05 Å². The molecule has 6 heteroatoms. The molecule has 1 aromatic rings. The van der Waals surface area contributed by atoms with Gasteiger partial charge in [0.2, 0.25) is 0 Å². The van der Waals surface area contributed by atoms with Crippen molar-refractivity contribution in [2.45, 2.75) is 26.0 Å². The van der Waals surface area contributed by atoms with Crippen LogP contribution in [0.2, 0.25) is 0 Å². The molecule has 0 bridgehead atoms. The van der Waals surface area contributed by atoms with Crippen LogP contribution in [0.4, 0.5) is 0 Å². The maximum Gasteiger partial charge on any atom is 0.348 e. The zero-order valence-corrected chi connectivity index (χ0v) is 10.2. The van der Waals surface area contributed by atoms with Gasteiger partial charge in [0, 0.05) is 26.2 Å². The fraction of sp³-hybridized carbons (Fsp3) is 0.800. The lowest BCUT2D eigenvalue weighted by Crippen LogP contribution is -2.51. The van der Waals surface area contributed by atoms with Crippen LogP contribution in [0.3, 0.4) is 0 Å². The number of likely N-dealkylation sites (N-methyl/N-ethyl adjacent to an activating group) is 1. The van der Waals surface area contributed by atoms with Gasteiger partial charge in [0.05, 0.1) is 0 Å². The molecule has 1 saturated heterocycles. The first-order chi connectivity index (χ1) is 7.49. The molecule has 0 aliphatic carbocycles. The third-order valence-electron chi connectivity index (χ3n) is 2.74. The van der Waals surface area contributed by atoms with Crippen LogP contribution in [0.15, 0.2) is 4.79 Å². The summed E-state index contributed by atoms with van der Waals surface area (Å²) < 4.78 is 8.60. The summed E-state index contributed by atoms with van der Waals surface area (Å²) in [4.78, 5) is 13.9. The largest absolute Gasteiger partial charge is 0.457 e. The maximum atomic E-state index is 11.8. The standard InChI is InChI=1S/C10H18N4O2/c1-7(2)14-9(11-13(4)10(14)15)16-8-5-12(3)6-8/h7-8H,5-6H2,1-4H3. The third kappa shape index (κ3) is 1.84. The van der Waals surface area contributed by atoms with E-state index in [0.717, 1.165) is 13.1 Å². The normalized spacial score (nSPS) is 17.8. The van der Waals surface area contributed by atoms with E-state index in [9.17, 15) is 4.79 Å². The summed E-state index contributed by atoms with van der Waals surface area (Å²) in [5, 5.41) is 4.10. The molecule has 1 aromatic heterocycles. The molecule has 0 unspecified atom stereocenters. The van der Waals surface area contributed by atoms with Crippen LogP contribution in [0.1, 0.15) is 19.9 Å². The minimum absolute atomic E-state index is 0.0639. The monoisotopic (exact) mass is 226 g/mol. The van der Waals surface area contributed by atoms with Gasteiger partial charge in [-0.3, -0.25) is 4.90 Å². The number of rotatable bonds is 3. The lowest BCUT2D eigenvalue weighted by molar-refractivity contribution is 0.0280. The van der Waals surface area contributed by atoms with Gasteiger partial charge in [-0.2, -0.15) is 0 Å². The van der Waals surface area contributed by atoms with E-state index >= 15 is 0 Å². The van der Waals surface area contributed by atoms with Gasteiger partial charge < -0.3 is 4.74 Å². The molecule has 2 rings (SSSR count). The Morgan fingerprint density at radius 2 is 2.00 bits per heavy atom. The zero-order valence-electron chi connectivity index (χ0n) is 10.2. The molecule has 6 nitrogen and oxygen atoms in total. The number of hydrogen-bond acceptors (Lipinski definition) is 4. The molecule has 90 valence electrons. The van der Waals surface area contributed by atoms with Crippen molar-refractivity contribution in [1.82, 2.24) is 19.2 Å². The Hall–Kier alpha value is -1.30. The second kappa shape index (κ2) is 3.93. The molecule has 1 fully saturated rings. The van der Waals surface area contributed by atoms with Gasteiger partial charge in [0.15, 0.2) is 0 Å². The van der Waals surface area contributed by atoms with Crippen LogP contribution in [-0.4, -0.2) is 45.5 Å². The Balaban J connectivity index is 2.20. The Labute approximate surface area is 94.4 Å². The van der Waals surface area contributed by atoms with E-state index < -0.39 is 0 Å². The van der Waals surface area contributed by atoms with E-state index in [1.807, 2.05) is 20.9 Å². The van der Waals surface area contributed by atoms with E-state index in [1.54, 1.807) is 11.6 Å². The van der Waals surface area contributed by atoms with Gasteiger partial charge in [-0.15, -0.1) is 5.10 Å². The molecule has 0 aromatic carbocycles. The number of likely N-dealkylation sites (tertiary alicyclic amines) is 1. The van der Waals surface area contributed by atoms with Crippen molar-refractivity contribution in [3.63, 3.8) is 0 Å². The summed E-state index contributed by atoms with van der Waals surface area (Å²) in [5.74, 6) is 0. The fourth-order valence-electron chi connectivity index (χ4n) is 1.84. The Morgan fingerprint density at radius 3 is 2.50 bits per heavy atom. The predicted molar refractivity (Wildman–Crippen MR) is 59.8 cm³/mol. The molecule has 1 aliphatic heterocycles. The van der Waals surface area contributed by atoms with Crippen LogP contribution in [0.25, 0.3) is 0 Å². The van der Waals surface area contributed by atoms with E-state index in [2.05, 4.69) is 10.00 Å². The molecule has 2 heterocycles. The van der Waals surface area contributed by atoms with Crippen molar-refractivity contribution in [3.8, 4) is 6.01 Å². The highest BCUT2D eigenvalue weighted by molar-refractivity contribution is 4.98. The van der Waals surface area contributed by atoms with Crippen LogP contribution >= 0.6 is 0 Å². The average molecular weight is 226 g/mol. The lowest BCUT2D eigenvalue weighted by atomic mass is 10.2. The van der Waals surface area contributed by atoms with E-state index in [-0.39, 0.29) is 17.8 Å². The summed E-state index contributed by atoms with van der Waals surface area (Å²) in [7, 11) is 3.68. The lowest BCUT2D eigenvalue weighted by Gasteiger charge is -2.35. The van der Waals surface area contributed by atoms with Crippen molar-refractivity contribution in [2.24, 2.45) is 7.05 Å². The highest BCUT2D eigenvalue weighted by atomic mass is 16.5. The molecule has 16 heavy (non-hydrogen) atoms. The van der Waals surface area contributed by atoms with Crippen LogP contribution < -0.4 is 10.4 Å². The smallest absolute Gasteiger partial charge is 0.348 e.